The minimum atomic E-state index is -3.90. The Balaban J connectivity index is 2.27. The van der Waals surface area contributed by atoms with Crippen molar-refractivity contribution in [1.82, 2.24) is 19.7 Å². The summed E-state index contributed by atoms with van der Waals surface area (Å²) >= 11 is 5.49. The van der Waals surface area contributed by atoms with Gasteiger partial charge < -0.3 is 9.72 Å². The minimum Gasteiger partial charge on any atom is -0.493 e. The van der Waals surface area contributed by atoms with Crippen LogP contribution in [0.4, 0.5) is 0 Å². The van der Waals surface area contributed by atoms with Crippen molar-refractivity contribution in [1.29, 1.82) is 0 Å². The van der Waals surface area contributed by atoms with Crippen LogP contribution in [-0.4, -0.2) is 34.8 Å². The van der Waals surface area contributed by atoms with Crippen molar-refractivity contribution in [2.75, 3.05) is 6.61 Å². The molecule has 0 amide bonds. The summed E-state index contributed by atoms with van der Waals surface area (Å²) in [6.45, 7) is 4.54. The third-order valence-corrected chi connectivity index (χ3v) is 5.85. The number of aryl methyl sites for hydroxylation is 2. The molecular weight excluding hydrogens is 420 g/mol. The molecule has 2 aromatic heterocycles. The second kappa shape index (κ2) is 8.18. The molecular formula is C18H21ClN4O3S2. The first-order chi connectivity index (χ1) is 13.3. The Morgan fingerprint density at radius 3 is 2.68 bits per heavy atom. The average Bonchev–Trinajstić information content (AvgIpc) is 2.95. The largest absolute Gasteiger partial charge is 0.493 e. The predicted octanol–water partition coefficient (Wildman–Crippen LogP) is 4.36. The van der Waals surface area contributed by atoms with Gasteiger partial charge in [0.25, 0.3) is 9.05 Å². The van der Waals surface area contributed by atoms with Gasteiger partial charge in [-0.1, -0.05) is 32.5 Å². The van der Waals surface area contributed by atoms with Crippen LogP contribution in [0.1, 0.15) is 32.4 Å². The SMILES string of the molecule is CCCOc1ccc(S(=O)(=O)Cl)cc1-c1nc(=S)c2c([nH]1)c(CCC)nn2C. The number of hydrogen-bond donors (Lipinski definition) is 1. The standard InChI is InChI=1S/C18H21ClN4O3S2/c1-4-6-13-15-16(23(3)22-13)18(27)21-17(20-15)12-10-11(28(19,24)25)7-8-14(12)26-9-5-2/h7-8,10H,4-6,9H2,1-3H3,(H,20,21,27). The van der Waals surface area contributed by atoms with E-state index in [-0.39, 0.29) is 4.90 Å². The lowest BCUT2D eigenvalue weighted by molar-refractivity contribution is 0.318. The van der Waals surface area contributed by atoms with Gasteiger partial charge in [-0.2, -0.15) is 5.10 Å². The number of rotatable bonds is 7. The maximum atomic E-state index is 11.8. The van der Waals surface area contributed by atoms with Gasteiger partial charge in [-0.3, -0.25) is 4.68 Å². The quantitative estimate of drug-likeness (QED) is 0.433. The van der Waals surface area contributed by atoms with Gasteiger partial charge in [-0.15, -0.1) is 0 Å². The van der Waals surface area contributed by atoms with Crippen LogP contribution in [0.15, 0.2) is 23.1 Å². The van der Waals surface area contributed by atoms with Crippen molar-refractivity contribution in [2.24, 2.45) is 7.05 Å². The molecule has 0 bridgehead atoms. The highest BCUT2D eigenvalue weighted by atomic mass is 35.7. The molecule has 0 aliphatic rings. The van der Waals surface area contributed by atoms with Crippen molar-refractivity contribution in [3.63, 3.8) is 0 Å². The Labute approximate surface area is 173 Å². The molecule has 0 fully saturated rings. The van der Waals surface area contributed by atoms with Crippen LogP contribution in [0.3, 0.4) is 0 Å². The summed E-state index contributed by atoms with van der Waals surface area (Å²) in [7, 11) is 3.46. The summed E-state index contributed by atoms with van der Waals surface area (Å²) in [6, 6.07) is 4.44. The Morgan fingerprint density at radius 2 is 2.04 bits per heavy atom. The van der Waals surface area contributed by atoms with Gasteiger partial charge in [-0.05, 0) is 31.0 Å². The number of fused-ring (bicyclic) bond motifs is 1. The normalized spacial score (nSPS) is 11.9. The first kappa shape index (κ1) is 20.8. The summed E-state index contributed by atoms with van der Waals surface area (Å²) in [5, 5.41) is 4.53. The highest BCUT2D eigenvalue weighted by Gasteiger charge is 2.19. The molecule has 0 aliphatic carbocycles. The number of halogens is 1. The van der Waals surface area contributed by atoms with Gasteiger partial charge in [0.05, 0.1) is 28.3 Å². The van der Waals surface area contributed by atoms with Gasteiger partial charge in [-0.25, -0.2) is 13.4 Å². The van der Waals surface area contributed by atoms with Crippen LogP contribution in [-0.2, 0) is 22.5 Å². The summed E-state index contributed by atoms with van der Waals surface area (Å²) in [5.41, 5.74) is 2.89. The van der Waals surface area contributed by atoms with Gasteiger partial charge >= 0.3 is 0 Å². The van der Waals surface area contributed by atoms with Crippen molar-refractivity contribution in [3.8, 4) is 17.1 Å². The lowest BCUT2D eigenvalue weighted by Crippen LogP contribution is -2.02. The first-order valence-corrected chi connectivity index (χ1v) is 11.7. The fraction of sp³-hybridized carbons (Fsp3) is 0.389. The van der Waals surface area contributed by atoms with Crippen molar-refractivity contribution in [3.05, 3.63) is 28.5 Å². The Bertz CT molecular complexity index is 1190. The van der Waals surface area contributed by atoms with Gasteiger partial charge in [0.2, 0.25) is 0 Å². The van der Waals surface area contributed by atoms with Crippen LogP contribution in [0.5, 0.6) is 5.75 Å². The lowest BCUT2D eigenvalue weighted by Gasteiger charge is -2.12. The maximum absolute atomic E-state index is 11.8. The number of aromatic nitrogens is 4. The van der Waals surface area contributed by atoms with Gasteiger partial charge in [0.1, 0.15) is 17.1 Å². The van der Waals surface area contributed by atoms with E-state index in [4.69, 9.17) is 27.6 Å². The molecule has 7 nitrogen and oxygen atoms in total. The second-order valence-electron chi connectivity index (χ2n) is 6.38. The molecule has 0 radical (unpaired) electrons. The number of aromatic amines is 1. The van der Waals surface area contributed by atoms with Gasteiger partial charge in [0.15, 0.2) is 4.64 Å². The topological polar surface area (TPSA) is 89.9 Å². The predicted molar refractivity (Wildman–Crippen MR) is 112 cm³/mol. The number of nitrogens with zero attached hydrogens (tertiary/aromatic N) is 3. The van der Waals surface area contributed by atoms with E-state index in [2.05, 4.69) is 22.0 Å². The van der Waals surface area contributed by atoms with E-state index >= 15 is 0 Å². The third kappa shape index (κ3) is 4.06. The molecule has 0 atom stereocenters. The smallest absolute Gasteiger partial charge is 0.261 e. The molecule has 10 heteroatoms. The van der Waals surface area contributed by atoms with Crippen molar-refractivity contribution >= 4 is 43.0 Å². The third-order valence-electron chi connectivity index (χ3n) is 4.22. The maximum Gasteiger partial charge on any atom is 0.261 e. The molecule has 2 heterocycles. The van der Waals surface area contributed by atoms with E-state index in [1.54, 1.807) is 10.7 Å². The molecule has 0 aliphatic heterocycles. The van der Waals surface area contributed by atoms with E-state index in [1.807, 2.05) is 14.0 Å². The van der Waals surface area contributed by atoms with E-state index in [0.717, 1.165) is 36.0 Å². The molecule has 0 unspecified atom stereocenters. The summed E-state index contributed by atoms with van der Waals surface area (Å²) < 4.78 is 31.5. The fourth-order valence-corrected chi connectivity index (χ4v) is 4.08. The fourth-order valence-electron chi connectivity index (χ4n) is 2.98. The highest BCUT2D eigenvalue weighted by Crippen LogP contribution is 2.33. The Morgan fingerprint density at radius 1 is 1.29 bits per heavy atom. The molecule has 3 rings (SSSR count). The molecule has 1 aromatic carbocycles. The molecule has 1 N–H and O–H groups in total. The molecule has 150 valence electrons. The van der Waals surface area contributed by atoms with E-state index < -0.39 is 9.05 Å². The number of H-pyrrole nitrogens is 1. The first-order valence-electron chi connectivity index (χ1n) is 8.94. The van der Waals surface area contributed by atoms with Crippen LogP contribution < -0.4 is 4.74 Å². The zero-order valence-electron chi connectivity index (χ0n) is 15.8. The zero-order chi connectivity index (χ0) is 20.5. The molecule has 0 saturated carbocycles. The molecule has 28 heavy (non-hydrogen) atoms. The van der Waals surface area contributed by atoms with E-state index in [0.29, 0.717) is 28.4 Å². The van der Waals surface area contributed by atoms with Crippen LogP contribution in [0, 0.1) is 4.64 Å². The summed E-state index contributed by atoms with van der Waals surface area (Å²) in [6.07, 6.45) is 2.51. The number of ether oxygens (including phenoxy) is 1. The monoisotopic (exact) mass is 440 g/mol. The van der Waals surface area contributed by atoms with Crippen LogP contribution >= 0.6 is 22.9 Å². The van der Waals surface area contributed by atoms with Crippen molar-refractivity contribution in [2.45, 2.75) is 38.0 Å². The minimum absolute atomic E-state index is 0.0331. The lowest BCUT2D eigenvalue weighted by atomic mass is 10.1. The van der Waals surface area contributed by atoms with Crippen molar-refractivity contribution < 1.29 is 13.2 Å². The Kier molecular flexibility index (Phi) is 6.07. The van der Waals surface area contributed by atoms with E-state index in [9.17, 15) is 8.42 Å². The summed E-state index contributed by atoms with van der Waals surface area (Å²) in [5.74, 6) is 0.917. The second-order valence-corrected chi connectivity index (χ2v) is 9.33. The van der Waals surface area contributed by atoms with Gasteiger partial charge in [0, 0.05) is 17.7 Å². The Hall–Kier alpha value is -1.97. The highest BCUT2D eigenvalue weighted by molar-refractivity contribution is 8.13. The molecule has 3 aromatic rings. The number of hydrogen-bond acceptors (Lipinski definition) is 6. The zero-order valence-corrected chi connectivity index (χ0v) is 18.2. The van der Waals surface area contributed by atoms with Crippen LogP contribution in [0.2, 0.25) is 0 Å². The summed E-state index contributed by atoms with van der Waals surface area (Å²) in [4.78, 5) is 7.72. The van der Waals surface area contributed by atoms with E-state index in [1.165, 1.54) is 12.1 Å². The number of benzene rings is 1. The van der Waals surface area contributed by atoms with Crippen LogP contribution in [0.25, 0.3) is 22.4 Å². The molecule has 0 spiro atoms. The molecule has 0 saturated heterocycles. The number of nitrogens with one attached hydrogen (secondary N) is 1. The average molecular weight is 441 g/mol.